The molecule has 0 aliphatic rings. The molecule has 1 heterocycles. The van der Waals surface area contributed by atoms with Crippen LogP contribution in [0.15, 0.2) is 12.7 Å². The van der Waals surface area contributed by atoms with E-state index in [-0.39, 0.29) is 17.8 Å². The molecular formula is C7H11N7O. The van der Waals surface area contributed by atoms with Gasteiger partial charge in [0.05, 0.1) is 0 Å². The Kier molecular flexibility index (Phi) is 3.01. The van der Waals surface area contributed by atoms with Crippen molar-refractivity contribution >= 4 is 23.8 Å². The number of nitrogen functional groups attached to an aromatic ring is 2. The maximum Gasteiger partial charge on any atom is 0.261 e. The van der Waals surface area contributed by atoms with Crippen LogP contribution in [0.2, 0.25) is 0 Å². The van der Waals surface area contributed by atoms with Gasteiger partial charge in [0.15, 0.2) is 0 Å². The quantitative estimate of drug-likeness (QED) is 0.417. The summed E-state index contributed by atoms with van der Waals surface area (Å²) in [4.78, 5) is 22.1. The van der Waals surface area contributed by atoms with Crippen LogP contribution in [0.3, 0.4) is 0 Å². The van der Waals surface area contributed by atoms with Gasteiger partial charge in [0.1, 0.15) is 0 Å². The Bertz CT molecular complexity index is 371. The average molecular weight is 209 g/mol. The summed E-state index contributed by atoms with van der Waals surface area (Å²) in [6, 6.07) is 0. The van der Waals surface area contributed by atoms with Crippen LogP contribution in [-0.2, 0) is 4.79 Å². The smallest absolute Gasteiger partial charge is 0.261 e. The Morgan fingerprint density at radius 3 is 2.40 bits per heavy atom. The first-order valence-corrected chi connectivity index (χ1v) is 3.96. The molecule has 1 aromatic heterocycles. The van der Waals surface area contributed by atoms with E-state index in [0.29, 0.717) is 0 Å². The van der Waals surface area contributed by atoms with Gasteiger partial charge in [-0.05, 0) is 6.08 Å². The number of aromatic nitrogens is 3. The SMILES string of the molecule is C=CC(=O)NN(C)c1nc(N)nc(N)n1. The van der Waals surface area contributed by atoms with E-state index < -0.39 is 5.91 Å². The largest absolute Gasteiger partial charge is 0.368 e. The summed E-state index contributed by atoms with van der Waals surface area (Å²) in [5.41, 5.74) is 13.1. The Morgan fingerprint density at radius 1 is 1.40 bits per heavy atom. The maximum absolute atomic E-state index is 11.0. The van der Waals surface area contributed by atoms with Gasteiger partial charge >= 0.3 is 0 Å². The molecule has 0 fully saturated rings. The molecule has 1 aromatic rings. The van der Waals surface area contributed by atoms with E-state index in [1.807, 2.05) is 0 Å². The third-order valence-electron chi connectivity index (χ3n) is 1.42. The number of amides is 1. The lowest BCUT2D eigenvalue weighted by Gasteiger charge is -2.16. The molecule has 0 atom stereocenters. The predicted molar refractivity (Wildman–Crippen MR) is 55.4 cm³/mol. The zero-order valence-electron chi connectivity index (χ0n) is 8.14. The highest BCUT2D eigenvalue weighted by Crippen LogP contribution is 2.05. The molecule has 5 N–H and O–H groups in total. The van der Waals surface area contributed by atoms with Crippen molar-refractivity contribution in [3.63, 3.8) is 0 Å². The third kappa shape index (κ3) is 2.79. The van der Waals surface area contributed by atoms with E-state index in [9.17, 15) is 4.79 Å². The highest BCUT2D eigenvalue weighted by atomic mass is 16.2. The second-order valence-corrected chi connectivity index (χ2v) is 2.59. The van der Waals surface area contributed by atoms with Gasteiger partial charge in [-0.25, -0.2) is 0 Å². The lowest BCUT2D eigenvalue weighted by molar-refractivity contribution is -0.116. The number of nitrogens with two attached hydrogens (primary N) is 2. The number of hydrogen-bond donors (Lipinski definition) is 3. The molecule has 8 nitrogen and oxygen atoms in total. The number of hydrogen-bond acceptors (Lipinski definition) is 7. The fraction of sp³-hybridized carbons (Fsp3) is 0.143. The molecule has 1 amide bonds. The summed E-state index contributed by atoms with van der Waals surface area (Å²) in [5, 5.41) is 1.26. The monoisotopic (exact) mass is 209 g/mol. The molecule has 0 saturated heterocycles. The van der Waals surface area contributed by atoms with Gasteiger partial charge in [-0.3, -0.25) is 15.2 Å². The first kappa shape index (κ1) is 10.7. The van der Waals surface area contributed by atoms with Crippen molar-refractivity contribution in [1.82, 2.24) is 20.4 Å². The zero-order chi connectivity index (χ0) is 11.4. The lowest BCUT2D eigenvalue weighted by Crippen LogP contribution is -2.39. The molecule has 8 heteroatoms. The number of nitrogens with one attached hydrogen (secondary N) is 1. The van der Waals surface area contributed by atoms with E-state index in [1.165, 1.54) is 12.1 Å². The van der Waals surface area contributed by atoms with E-state index >= 15 is 0 Å². The van der Waals surface area contributed by atoms with Crippen molar-refractivity contribution in [3.05, 3.63) is 12.7 Å². The highest BCUT2D eigenvalue weighted by Gasteiger charge is 2.08. The van der Waals surface area contributed by atoms with Gasteiger partial charge in [-0.15, -0.1) is 0 Å². The van der Waals surface area contributed by atoms with Crippen LogP contribution in [-0.4, -0.2) is 27.9 Å². The number of anilines is 3. The zero-order valence-corrected chi connectivity index (χ0v) is 8.14. The second-order valence-electron chi connectivity index (χ2n) is 2.59. The summed E-state index contributed by atoms with van der Waals surface area (Å²) in [5.74, 6) is -0.278. The fourth-order valence-corrected chi connectivity index (χ4v) is 0.808. The minimum atomic E-state index is -0.393. The molecule has 1 rings (SSSR count). The highest BCUT2D eigenvalue weighted by molar-refractivity contribution is 5.87. The Hall–Kier alpha value is -2.38. The van der Waals surface area contributed by atoms with Crippen LogP contribution in [0.5, 0.6) is 0 Å². The summed E-state index contributed by atoms with van der Waals surface area (Å²) in [6.45, 7) is 3.30. The van der Waals surface area contributed by atoms with Gasteiger partial charge in [-0.2, -0.15) is 15.0 Å². The fourth-order valence-electron chi connectivity index (χ4n) is 0.808. The van der Waals surface area contributed by atoms with Crippen LogP contribution in [0, 0.1) is 0 Å². The number of carbonyl (C=O) groups is 1. The topological polar surface area (TPSA) is 123 Å². The molecule has 80 valence electrons. The number of nitrogens with zero attached hydrogens (tertiary/aromatic N) is 4. The van der Waals surface area contributed by atoms with Gasteiger partial charge in [-0.1, -0.05) is 6.58 Å². The minimum absolute atomic E-state index is 0.0165. The number of carbonyl (C=O) groups excluding carboxylic acids is 1. The van der Waals surface area contributed by atoms with E-state index in [1.54, 1.807) is 0 Å². The van der Waals surface area contributed by atoms with Crippen LogP contribution in [0.25, 0.3) is 0 Å². The van der Waals surface area contributed by atoms with E-state index in [4.69, 9.17) is 11.5 Å². The van der Waals surface area contributed by atoms with Crippen molar-refractivity contribution in [2.75, 3.05) is 23.5 Å². The molecule has 0 radical (unpaired) electrons. The Balaban J connectivity index is 2.85. The molecule has 0 aliphatic heterocycles. The molecule has 0 unspecified atom stereocenters. The first-order chi connectivity index (χ1) is 7.02. The van der Waals surface area contributed by atoms with E-state index in [2.05, 4.69) is 27.0 Å². The Morgan fingerprint density at radius 2 is 1.93 bits per heavy atom. The number of rotatable bonds is 3. The molecule has 15 heavy (non-hydrogen) atoms. The average Bonchev–Trinajstić information content (AvgIpc) is 2.16. The van der Waals surface area contributed by atoms with Gasteiger partial charge in [0, 0.05) is 7.05 Å². The summed E-state index contributed by atoms with van der Waals surface area (Å²) in [6.07, 6.45) is 1.12. The van der Waals surface area contributed by atoms with Crippen molar-refractivity contribution < 1.29 is 4.79 Å². The van der Waals surface area contributed by atoms with Crippen LogP contribution >= 0.6 is 0 Å². The molecule has 0 bridgehead atoms. The van der Waals surface area contributed by atoms with Gasteiger partial charge < -0.3 is 11.5 Å². The number of hydrazine groups is 1. The maximum atomic E-state index is 11.0. The first-order valence-electron chi connectivity index (χ1n) is 3.96. The molecular weight excluding hydrogens is 198 g/mol. The summed E-state index contributed by atoms with van der Waals surface area (Å²) >= 11 is 0. The summed E-state index contributed by atoms with van der Waals surface area (Å²) < 4.78 is 0. The van der Waals surface area contributed by atoms with Crippen molar-refractivity contribution in [2.24, 2.45) is 0 Å². The third-order valence-corrected chi connectivity index (χ3v) is 1.42. The van der Waals surface area contributed by atoms with Crippen LogP contribution in [0.4, 0.5) is 17.8 Å². The second kappa shape index (κ2) is 4.22. The van der Waals surface area contributed by atoms with E-state index in [0.717, 1.165) is 6.08 Å². The van der Waals surface area contributed by atoms with Crippen LogP contribution in [0.1, 0.15) is 0 Å². The Labute approximate surface area is 86.0 Å². The van der Waals surface area contributed by atoms with Crippen molar-refractivity contribution in [2.45, 2.75) is 0 Å². The van der Waals surface area contributed by atoms with Crippen LogP contribution < -0.4 is 21.9 Å². The lowest BCUT2D eigenvalue weighted by atomic mass is 10.6. The minimum Gasteiger partial charge on any atom is -0.368 e. The predicted octanol–water partition coefficient (Wildman–Crippen LogP) is -1.31. The normalized spacial score (nSPS) is 9.40. The molecule has 0 aliphatic carbocycles. The standard InChI is InChI=1S/C7H11N7O/c1-3-4(15)13-14(2)7-11-5(8)10-6(9)12-7/h3H,1H2,2H3,(H,13,15)(H4,8,9,10,11,12). The molecule has 0 saturated carbocycles. The molecule has 0 aromatic carbocycles. The van der Waals surface area contributed by atoms with Gasteiger partial charge in [0.25, 0.3) is 11.9 Å². The summed E-state index contributed by atoms with van der Waals surface area (Å²) in [7, 11) is 1.54. The molecule has 0 spiro atoms. The van der Waals surface area contributed by atoms with Crippen molar-refractivity contribution in [1.29, 1.82) is 0 Å². The van der Waals surface area contributed by atoms with Gasteiger partial charge in [0.2, 0.25) is 11.9 Å². The van der Waals surface area contributed by atoms with Crippen molar-refractivity contribution in [3.8, 4) is 0 Å².